The van der Waals surface area contributed by atoms with Crippen molar-refractivity contribution in [1.82, 2.24) is 4.90 Å². The molecule has 2 rings (SSSR count). The first kappa shape index (κ1) is 14.1. The van der Waals surface area contributed by atoms with E-state index in [1.807, 2.05) is 18.2 Å². The minimum atomic E-state index is 0.351. The second-order valence-corrected chi connectivity index (χ2v) is 4.92. The van der Waals surface area contributed by atoms with Gasteiger partial charge in [0.05, 0.1) is 13.2 Å². The molecular weight excluding hydrogens is 240 g/mol. The molecule has 0 aliphatic carbocycles. The zero-order valence-electron chi connectivity index (χ0n) is 11.8. The molecule has 4 heteroatoms. The third-order valence-corrected chi connectivity index (χ3v) is 3.54. The molecule has 4 nitrogen and oxygen atoms in total. The van der Waals surface area contributed by atoms with Crippen molar-refractivity contribution in [3.63, 3.8) is 0 Å². The highest BCUT2D eigenvalue weighted by Crippen LogP contribution is 2.27. The van der Waals surface area contributed by atoms with Gasteiger partial charge >= 0.3 is 0 Å². The zero-order chi connectivity index (χ0) is 13.8. The summed E-state index contributed by atoms with van der Waals surface area (Å²) in [6, 6.07) is 8.43. The van der Waals surface area contributed by atoms with Crippen LogP contribution in [0.1, 0.15) is 18.2 Å². The van der Waals surface area contributed by atoms with E-state index in [0.717, 1.165) is 23.3 Å². The Kier molecular flexibility index (Phi) is 4.58. The second-order valence-electron chi connectivity index (χ2n) is 4.92. The Labute approximate surface area is 114 Å². The minimum Gasteiger partial charge on any atom is -0.459 e. The van der Waals surface area contributed by atoms with Crippen molar-refractivity contribution in [1.29, 1.82) is 0 Å². The van der Waals surface area contributed by atoms with Gasteiger partial charge in [0.25, 0.3) is 0 Å². The number of nitrogens with two attached hydrogens (primary N) is 1. The molecule has 1 aromatic heterocycles. The van der Waals surface area contributed by atoms with Crippen LogP contribution in [0.5, 0.6) is 0 Å². The normalized spacial score (nSPS) is 13.3. The van der Waals surface area contributed by atoms with Crippen LogP contribution in [0.4, 0.5) is 0 Å². The molecule has 0 aliphatic rings. The molecule has 1 heterocycles. The summed E-state index contributed by atoms with van der Waals surface area (Å²) < 4.78 is 11.0. The molecule has 0 spiro atoms. The van der Waals surface area contributed by atoms with Gasteiger partial charge in [0.2, 0.25) is 0 Å². The van der Waals surface area contributed by atoms with Crippen molar-refractivity contribution < 1.29 is 9.15 Å². The molecule has 2 aromatic rings. The van der Waals surface area contributed by atoms with E-state index in [2.05, 4.69) is 24.9 Å². The third kappa shape index (κ3) is 2.97. The van der Waals surface area contributed by atoms with E-state index in [1.54, 1.807) is 7.11 Å². The van der Waals surface area contributed by atoms with Crippen LogP contribution in [0.2, 0.25) is 0 Å². The van der Waals surface area contributed by atoms with Crippen LogP contribution in [0, 0.1) is 0 Å². The quantitative estimate of drug-likeness (QED) is 0.868. The van der Waals surface area contributed by atoms with Crippen LogP contribution in [0.15, 0.2) is 28.7 Å². The minimum absolute atomic E-state index is 0.351. The Bertz CT molecular complexity index is 536. The topological polar surface area (TPSA) is 51.6 Å². The van der Waals surface area contributed by atoms with Gasteiger partial charge in [0, 0.05) is 30.6 Å². The predicted molar refractivity (Wildman–Crippen MR) is 76.9 cm³/mol. The lowest BCUT2D eigenvalue weighted by atomic mass is 10.1. The number of hydrogen-bond acceptors (Lipinski definition) is 4. The van der Waals surface area contributed by atoms with Gasteiger partial charge in [-0.1, -0.05) is 18.2 Å². The van der Waals surface area contributed by atoms with Gasteiger partial charge in [-0.2, -0.15) is 0 Å². The Morgan fingerprint density at radius 1 is 1.37 bits per heavy atom. The van der Waals surface area contributed by atoms with Crippen LogP contribution in [0.3, 0.4) is 0 Å². The molecule has 0 aliphatic heterocycles. The first-order valence-corrected chi connectivity index (χ1v) is 6.56. The molecule has 1 atom stereocenters. The van der Waals surface area contributed by atoms with E-state index in [1.165, 1.54) is 5.56 Å². The average Bonchev–Trinajstić information content (AvgIpc) is 2.77. The number of hydrogen-bond donors (Lipinski definition) is 1. The molecule has 0 bridgehead atoms. The Hall–Kier alpha value is -1.36. The maximum atomic E-state index is 5.81. The molecule has 0 amide bonds. The summed E-state index contributed by atoms with van der Waals surface area (Å²) in [4.78, 5) is 2.25. The second kappa shape index (κ2) is 6.19. The van der Waals surface area contributed by atoms with Gasteiger partial charge in [-0.15, -0.1) is 0 Å². The maximum absolute atomic E-state index is 5.81. The SMILES string of the molecule is COCC(C)N(C)Cc1c(CN)oc2ccccc12. The molecule has 1 aromatic carbocycles. The summed E-state index contributed by atoms with van der Waals surface area (Å²) >= 11 is 0. The van der Waals surface area contributed by atoms with E-state index >= 15 is 0 Å². The highest BCUT2D eigenvalue weighted by atomic mass is 16.5. The predicted octanol–water partition coefficient (Wildman–Crippen LogP) is 2.36. The number of methoxy groups -OCH3 is 1. The van der Waals surface area contributed by atoms with E-state index in [4.69, 9.17) is 14.9 Å². The maximum Gasteiger partial charge on any atom is 0.134 e. The van der Waals surface area contributed by atoms with Crippen molar-refractivity contribution >= 4 is 11.0 Å². The average molecular weight is 262 g/mol. The van der Waals surface area contributed by atoms with Crippen LogP contribution in [0.25, 0.3) is 11.0 Å². The van der Waals surface area contributed by atoms with Gasteiger partial charge in [-0.05, 0) is 20.0 Å². The summed E-state index contributed by atoms with van der Waals surface area (Å²) in [6.45, 7) is 4.10. The van der Waals surface area contributed by atoms with Gasteiger partial charge in [0.15, 0.2) is 0 Å². The third-order valence-electron chi connectivity index (χ3n) is 3.54. The molecular formula is C15H22N2O2. The molecule has 0 saturated carbocycles. The van der Waals surface area contributed by atoms with Crippen LogP contribution >= 0.6 is 0 Å². The lowest BCUT2D eigenvalue weighted by Crippen LogP contribution is -2.32. The number of furan rings is 1. The van der Waals surface area contributed by atoms with Gasteiger partial charge in [0.1, 0.15) is 11.3 Å². The number of rotatable bonds is 6. The van der Waals surface area contributed by atoms with Crippen molar-refractivity contribution in [2.45, 2.75) is 26.1 Å². The Balaban J connectivity index is 2.28. The summed E-state index contributed by atoms with van der Waals surface area (Å²) in [5.74, 6) is 0.873. The molecule has 0 radical (unpaired) electrons. The first-order chi connectivity index (χ1) is 9.17. The van der Waals surface area contributed by atoms with Crippen molar-refractivity contribution in [3.05, 3.63) is 35.6 Å². The number of nitrogens with zero attached hydrogens (tertiary/aromatic N) is 1. The summed E-state index contributed by atoms with van der Waals surface area (Å²) in [5.41, 5.74) is 7.88. The summed E-state index contributed by atoms with van der Waals surface area (Å²) in [5, 5.41) is 1.15. The van der Waals surface area contributed by atoms with Crippen molar-refractivity contribution in [2.75, 3.05) is 20.8 Å². The van der Waals surface area contributed by atoms with E-state index < -0.39 is 0 Å². The molecule has 104 valence electrons. The fraction of sp³-hybridized carbons (Fsp3) is 0.467. The van der Waals surface area contributed by atoms with Crippen molar-refractivity contribution in [3.8, 4) is 0 Å². The van der Waals surface area contributed by atoms with Crippen LogP contribution in [-0.4, -0.2) is 31.7 Å². The number of para-hydroxylation sites is 1. The molecule has 1 unspecified atom stereocenters. The number of likely N-dealkylation sites (N-methyl/N-ethyl adjacent to an activating group) is 1. The van der Waals surface area contributed by atoms with Crippen molar-refractivity contribution in [2.24, 2.45) is 5.73 Å². The molecule has 2 N–H and O–H groups in total. The van der Waals surface area contributed by atoms with E-state index in [0.29, 0.717) is 19.2 Å². The molecule has 0 fully saturated rings. The fourth-order valence-electron chi connectivity index (χ4n) is 2.26. The van der Waals surface area contributed by atoms with Crippen LogP contribution < -0.4 is 5.73 Å². The lowest BCUT2D eigenvalue weighted by molar-refractivity contribution is 0.112. The largest absolute Gasteiger partial charge is 0.459 e. The zero-order valence-corrected chi connectivity index (χ0v) is 11.8. The standard InChI is InChI=1S/C15H22N2O2/c1-11(10-18-3)17(2)9-13-12-6-4-5-7-14(12)19-15(13)8-16/h4-7,11H,8-10,16H2,1-3H3. The van der Waals surface area contributed by atoms with E-state index in [-0.39, 0.29) is 0 Å². The monoisotopic (exact) mass is 262 g/mol. The molecule has 0 saturated heterocycles. The van der Waals surface area contributed by atoms with Crippen LogP contribution in [-0.2, 0) is 17.8 Å². The first-order valence-electron chi connectivity index (χ1n) is 6.56. The Morgan fingerprint density at radius 3 is 2.79 bits per heavy atom. The number of ether oxygens (including phenoxy) is 1. The summed E-state index contributed by atoms with van der Waals surface area (Å²) in [6.07, 6.45) is 0. The van der Waals surface area contributed by atoms with Gasteiger partial charge in [-0.3, -0.25) is 4.90 Å². The van der Waals surface area contributed by atoms with Gasteiger partial charge in [-0.25, -0.2) is 0 Å². The summed E-state index contributed by atoms with van der Waals surface area (Å²) in [7, 11) is 3.81. The smallest absolute Gasteiger partial charge is 0.134 e. The highest BCUT2D eigenvalue weighted by molar-refractivity contribution is 5.82. The Morgan fingerprint density at radius 2 is 2.11 bits per heavy atom. The van der Waals surface area contributed by atoms with E-state index in [9.17, 15) is 0 Å². The lowest BCUT2D eigenvalue weighted by Gasteiger charge is -2.24. The van der Waals surface area contributed by atoms with Gasteiger partial charge < -0.3 is 14.9 Å². The number of fused-ring (bicyclic) bond motifs is 1. The fourth-order valence-corrected chi connectivity index (χ4v) is 2.26. The number of benzene rings is 1. The highest BCUT2D eigenvalue weighted by Gasteiger charge is 2.17. The molecule has 19 heavy (non-hydrogen) atoms.